The Bertz CT molecular complexity index is 657. The third kappa shape index (κ3) is 3.18. The number of pyridine rings is 1. The second kappa shape index (κ2) is 6.80. The van der Waals surface area contributed by atoms with Crippen LogP contribution in [0.25, 0.3) is 0 Å². The summed E-state index contributed by atoms with van der Waals surface area (Å²) >= 11 is 3.56. The van der Waals surface area contributed by atoms with Gasteiger partial charge in [-0.3, -0.25) is 4.98 Å². The normalized spacial score (nSPS) is 18.0. The number of nitrogens with zero attached hydrogens (tertiary/aromatic N) is 2. The van der Waals surface area contributed by atoms with Gasteiger partial charge in [-0.2, -0.15) is 0 Å². The fraction of sp³-hybridized carbons (Fsp3) is 0.389. The van der Waals surface area contributed by atoms with Gasteiger partial charge in [0.15, 0.2) is 0 Å². The average molecular weight is 360 g/mol. The highest BCUT2D eigenvalue weighted by Gasteiger charge is 2.20. The number of para-hydroxylation sites is 1. The maximum absolute atomic E-state index is 4.29. The SMILES string of the molecule is Cc1c(Br)cncc1CNC1CCCN(C)c2ccccc21. The molecule has 0 saturated carbocycles. The molecule has 0 aliphatic carbocycles. The number of hydrogen-bond acceptors (Lipinski definition) is 3. The van der Waals surface area contributed by atoms with Crippen LogP contribution in [-0.2, 0) is 6.54 Å². The van der Waals surface area contributed by atoms with Crippen LogP contribution in [0.15, 0.2) is 41.1 Å². The highest BCUT2D eigenvalue weighted by atomic mass is 79.9. The van der Waals surface area contributed by atoms with Crippen LogP contribution in [0.3, 0.4) is 0 Å². The molecule has 1 aromatic heterocycles. The van der Waals surface area contributed by atoms with Gasteiger partial charge in [0.1, 0.15) is 0 Å². The minimum atomic E-state index is 0.402. The molecule has 0 bridgehead atoms. The highest BCUT2D eigenvalue weighted by molar-refractivity contribution is 9.10. The van der Waals surface area contributed by atoms with Crippen LogP contribution in [0.2, 0.25) is 0 Å². The van der Waals surface area contributed by atoms with Crippen molar-refractivity contribution in [1.29, 1.82) is 0 Å². The van der Waals surface area contributed by atoms with E-state index in [0.717, 1.165) is 17.6 Å². The number of benzene rings is 1. The van der Waals surface area contributed by atoms with E-state index in [1.165, 1.54) is 35.2 Å². The Morgan fingerprint density at radius 1 is 1.32 bits per heavy atom. The maximum Gasteiger partial charge on any atom is 0.0413 e. The monoisotopic (exact) mass is 359 g/mol. The van der Waals surface area contributed by atoms with E-state index in [1.54, 1.807) is 0 Å². The molecule has 0 amide bonds. The molecule has 4 heteroatoms. The summed E-state index contributed by atoms with van der Waals surface area (Å²) in [5.74, 6) is 0. The Morgan fingerprint density at radius 2 is 2.14 bits per heavy atom. The quantitative estimate of drug-likeness (QED) is 0.889. The van der Waals surface area contributed by atoms with Crippen LogP contribution in [0.5, 0.6) is 0 Å². The van der Waals surface area contributed by atoms with Gasteiger partial charge < -0.3 is 10.2 Å². The molecule has 1 aliphatic heterocycles. The van der Waals surface area contributed by atoms with Crippen molar-refractivity contribution in [2.24, 2.45) is 0 Å². The Kier molecular flexibility index (Phi) is 4.79. The predicted octanol–water partition coefficient (Wildman–Crippen LogP) is 4.21. The summed E-state index contributed by atoms with van der Waals surface area (Å²) in [6.07, 6.45) is 6.19. The Labute approximate surface area is 140 Å². The zero-order chi connectivity index (χ0) is 15.5. The van der Waals surface area contributed by atoms with Gasteiger partial charge in [0, 0.05) is 48.7 Å². The Balaban J connectivity index is 1.80. The lowest BCUT2D eigenvalue weighted by Gasteiger charge is -2.22. The number of rotatable bonds is 3. The molecule has 3 rings (SSSR count). The first-order chi connectivity index (χ1) is 10.7. The van der Waals surface area contributed by atoms with Crippen molar-refractivity contribution in [2.75, 3.05) is 18.5 Å². The standard InChI is InChI=1S/C18H22BrN3/c1-13-14(10-20-12-16(13)19)11-21-17-7-5-9-22(2)18-8-4-3-6-15(17)18/h3-4,6,8,10,12,17,21H,5,7,9,11H2,1-2H3. The lowest BCUT2D eigenvalue weighted by molar-refractivity contribution is 0.495. The fourth-order valence-electron chi connectivity index (χ4n) is 3.10. The summed E-state index contributed by atoms with van der Waals surface area (Å²) in [5.41, 5.74) is 5.27. The van der Waals surface area contributed by atoms with Crippen LogP contribution in [0.4, 0.5) is 5.69 Å². The Morgan fingerprint density at radius 3 is 3.00 bits per heavy atom. The number of hydrogen-bond donors (Lipinski definition) is 1. The van der Waals surface area contributed by atoms with Crippen molar-refractivity contribution in [3.05, 3.63) is 57.8 Å². The molecular weight excluding hydrogens is 338 g/mol. The highest BCUT2D eigenvalue weighted by Crippen LogP contribution is 2.32. The minimum Gasteiger partial charge on any atom is -0.374 e. The summed E-state index contributed by atoms with van der Waals surface area (Å²) in [6, 6.07) is 9.14. The largest absolute Gasteiger partial charge is 0.374 e. The molecular formula is C18H22BrN3. The van der Waals surface area contributed by atoms with E-state index in [2.05, 4.69) is 69.4 Å². The summed E-state index contributed by atoms with van der Waals surface area (Å²) in [7, 11) is 2.18. The van der Waals surface area contributed by atoms with Crippen LogP contribution >= 0.6 is 15.9 Å². The third-order valence-electron chi connectivity index (χ3n) is 4.51. The number of nitrogens with one attached hydrogen (secondary N) is 1. The Hall–Kier alpha value is -1.39. The molecule has 3 nitrogen and oxygen atoms in total. The first kappa shape index (κ1) is 15.5. The van der Waals surface area contributed by atoms with Gasteiger partial charge in [0.25, 0.3) is 0 Å². The van der Waals surface area contributed by atoms with Crippen molar-refractivity contribution in [3.8, 4) is 0 Å². The van der Waals surface area contributed by atoms with E-state index >= 15 is 0 Å². The molecule has 1 N–H and O–H groups in total. The lowest BCUT2D eigenvalue weighted by atomic mass is 10.0. The molecule has 2 aromatic rings. The van der Waals surface area contributed by atoms with E-state index in [1.807, 2.05) is 12.4 Å². The van der Waals surface area contributed by atoms with E-state index in [-0.39, 0.29) is 0 Å². The van der Waals surface area contributed by atoms with E-state index in [4.69, 9.17) is 0 Å². The molecule has 1 unspecified atom stereocenters. The van der Waals surface area contributed by atoms with Crippen molar-refractivity contribution in [2.45, 2.75) is 32.4 Å². The summed E-state index contributed by atoms with van der Waals surface area (Å²) < 4.78 is 1.08. The molecule has 1 aromatic carbocycles. The number of anilines is 1. The molecule has 1 aliphatic rings. The van der Waals surface area contributed by atoms with E-state index in [0.29, 0.717) is 6.04 Å². The number of aromatic nitrogens is 1. The zero-order valence-corrected chi connectivity index (χ0v) is 14.7. The molecule has 1 atom stereocenters. The topological polar surface area (TPSA) is 28.2 Å². The van der Waals surface area contributed by atoms with Gasteiger partial charge in [0.2, 0.25) is 0 Å². The van der Waals surface area contributed by atoms with Gasteiger partial charge >= 0.3 is 0 Å². The van der Waals surface area contributed by atoms with Crippen LogP contribution in [0.1, 0.15) is 35.6 Å². The van der Waals surface area contributed by atoms with Gasteiger partial charge in [-0.15, -0.1) is 0 Å². The van der Waals surface area contributed by atoms with Gasteiger partial charge in [-0.1, -0.05) is 18.2 Å². The molecule has 116 valence electrons. The number of fused-ring (bicyclic) bond motifs is 1. The zero-order valence-electron chi connectivity index (χ0n) is 13.1. The molecule has 0 fully saturated rings. The average Bonchev–Trinajstić information content (AvgIpc) is 2.69. The van der Waals surface area contributed by atoms with E-state index in [9.17, 15) is 0 Å². The van der Waals surface area contributed by atoms with Gasteiger partial charge in [0.05, 0.1) is 0 Å². The molecule has 0 spiro atoms. The van der Waals surface area contributed by atoms with Gasteiger partial charge in [-0.25, -0.2) is 0 Å². The fourth-order valence-corrected chi connectivity index (χ4v) is 3.47. The molecule has 0 radical (unpaired) electrons. The van der Waals surface area contributed by atoms with Crippen LogP contribution < -0.4 is 10.2 Å². The van der Waals surface area contributed by atoms with Crippen LogP contribution in [-0.4, -0.2) is 18.6 Å². The van der Waals surface area contributed by atoms with Crippen molar-refractivity contribution >= 4 is 21.6 Å². The summed E-state index contributed by atoms with van der Waals surface area (Å²) in [5, 5.41) is 3.74. The van der Waals surface area contributed by atoms with E-state index < -0.39 is 0 Å². The molecule has 0 saturated heterocycles. The second-order valence-electron chi connectivity index (χ2n) is 5.96. The predicted molar refractivity (Wildman–Crippen MR) is 95.2 cm³/mol. The van der Waals surface area contributed by atoms with Gasteiger partial charge in [-0.05, 0) is 58.5 Å². The summed E-state index contributed by atoms with van der Waals surface area (Å²) in [4.78, 5) is 6.65. The number of halogens is 1. The second-order valence-corrected chi connectivity index (χ2v) is 6.82. The lowest BCUT2D eigenvalue weighted by Crippen LogP contribution is -2.22. The third-order valence-corrected chi connectivity index (χ3v) is 5.31. The van der Waals surface area contributed by atoms with Crippen LogP contribution in [0, 0.1) is 6.92 Å². The van der Waals surface area contributed by atoms with Crippen molar-refractivity contribution in [1.82, 2.24) is 10.3 Å². The molecule has 22 heavy (non-hydrogen) atoms. The summed E-state index contributed by atoms with van der Waals surface area (Å²) in [6.45, 7) is 4.10. The first-order valence-corrected chi connectivity index (χ1v) is 8.58. The minimum absolute atomic E-state index is 0.402. The maximum atomic E-state index is 4.29. The van der Waals surface area contributed by atoms with Crippen molar-refractivity contribution in [3.63, 3.8) is 0 Å². The van der Waals surface area contributed by atoms with Crippen molar-refractivity contribution < 1.29 is 0 Å². The first-order valence-electron chi connectivity index (χ1n) is 7.79. The smallest absolute Gasteiger partial charge is 0.0413 e. The molecule has 2 heterocycles.